The Kier molecular flexibility index (Phi) is 4.18. The summed E-state index contributed by atoms with van der Waals surface area (Å²) >= 11 is 9.94. The zero-order chi connectivity index (χ0) is 14.1. The van der Waals surface area contributed by atoms with Crippen molar-refractivity contribution in [3.8, 4) is 0 Å². The highest BCUT2D eigenvalue weighted by atomic mass is 79.9. The molecule has 0 fully saturated rings. The first-order valence-electron chi connectivity index (χ1n) is 7.25. The smallest absolute Gasteiger partial charge is 0.0913 e. The molecule has 20 heavy (non-hydrogen) atoms. The Morgan fingerprint density at radius 2 is 2.05 bits per heavy atom. The fraction of sp³-hybridized carbons (Fsp3) is 0.438. The standard InChI is InChI=1S/C16H18BrClN2/c1-2-19-15-11-6-4-3-5-7-14(11)20-16-12(15)8-10(17)9-13(16)18/h8-9H,2-7H2,1H3,(H,19,20). The molecule has 1 aromatic carbocycles. The number of benzene rings is 1. The number of hydrogen-bond donors (Lipinski definition) is 1. The van der Waals surface area contributed by atoms with Crippen molar-refractivity contribution in [3.05, 3.63) is 32.9 Å². The minimum absolute atomic E-state index is 0.723. The van der Waals surface area contributed by atoms with Gasteiger partial charge >= 0.3 is 0 Å². The second-order valence-electron chi connectivity index (χ2n) is 5.29. The summed E-state index contributed by atoms with van der Waals surface area (Å²) in [6.07, 6.45) is 5.95. The summed E-state index contributed by atoms with van der Waals surface area (Å²) in [5.41, 5.74) is 4.78. The van der Waals surface area contributed by atoms with Gasteiger partial charge in [-0.05, 0) is 50.3 Å². The van der Waals surface area contributed by atoms with Crippen LogP contribution in [-0.2, 0) is 12.8 Å². The van der Waals surface area contributed by atoms with Crippen molar-refractivity contribution in [1.82, 2.24) is 4.98 Å². The van der Waals surface area contributed by atoms with Gasteiger partial charge in [0.1, 0.15) is 0 Å². The van der Waals surface area contributed by atoms with Crippen LogP contribution in [0.3, 0.4) is 0 Å². The molecule has 0 bridgehead atoms. The zero-order valence-corrected chi connectivity index (χ0v) is 13.9. The van der Waals surface area contributed by atoms with Crippen LogP contribution in [0.2, 0.25) is 5.02 Å². The Morgan fingerprint density at radius 1 is 1.25 bits per heavy atom. The van der Waals surface area contributed by atoms with Crippen molar-refractivity contribution >= 4 is 44.1 Å². The average molecular weight is 354 g/mol. The van der Waals surface area contributed by atoms with Gasteiger partial charge in [0.05, 0.1) is 10.5 Å². The van der Waals surface area contributed by atoms with E-state index in [-0.39, 0.29) is 0 Å². The third-order valence-corrected chi connectivity index (χ3v) is 4.63. The number of nitrogens with zero attached hydrogens (tertiary/aromatic N) is 1. The number of anilines is 1. The number of halogens is 2. The van der Waals surface area contributed by atoms with Crippen LogP contribution in [0.25, 0.3) is 10.9 Å². The fourth-order valence-electron chi connectivity index (χ4n) is 3.01. The first-order chi connectivity index (χ1) is 9.70. The molecule has 2 aromatic rings. The predicted octanol–water partition coefficient (Wildman–Crippen LogP) is 5.35. The number of fused-ring (bicyclic) bond motifs is 2. The van der Waals surface area contributed by atoms with Gasteiger partial charge in [-0.2, -0.15) is 0 Å². The van der Waals surface area contributed by atoms with Crippen molar-refractivity contribution in [3.63, 3.8) is 0 Å². The lowest BCUT2D eigenvalue weighted by atomic mass is 10.0. The quantitative estimate of drug-likeness (QED) is 0.736. The van der Waals surface area contributed by atoms with Gasteiger partial charge in [0.15, 0.2) is 0 Å². The molecule has 0 aliphatic heterocycles. The molecule has 0 spiro atoms. The van der Waals surface area contributed by atoms with E-state index in [1.165, 1.54) is 36.2 Å². The molecule has 0 radical (unpaired) electrons. The van der Waals surface area contributed by atoms with Crippen LogP contribution in [0.4, 0.5) is 5.69 Å². The highest BCUT2D eigenvalue weighted by molar-refractivity contribution is 9.10. The summed E-state index contributed by atoms with van der Waals surface area (Å²) < 4.78 is 1.00. The second-order valence-corrected chi connectivity index (χ2v) is 6.61. The first-order valence-corrected chi connectivity index (χ1v) is 8.42. The molecule has 2 nitrogen and oxygen atoms in total. The van der Waals surface area contributed by atoms with E-state index in [1.807, 2.05) is 6.07 Å². The van der Waals surface area contributed by atoms with Gasteiger partial charge in [0.25, 0.3) is 0 Å². The molecule has 3 rings (SSSR count). The molecular weight excluding hydrogens is 336 g/mol. The normalized spacial score (nSPS) is 14.9. The molecule has 106 valence electrons. The topological polar surface area (TPSA) is 24.9 Å². The van der Waals surface area contributed by atoms with Crippen molar-refractivity contribution in [1.29, 1.82) is 0 Å². The lowest BCUT2D eigenvalue weighted by Gasteiger charge is -2.17. The zero-order valence-electron chi connectivity index (χ0n) is 11.6. The van der Waals surface area contributed by atoms with E-state index < -0.39 is 0 Å². The maximum atomic E-state index is 6.40. The lowest BCUT2D eigenvalue weighted by Crippen LogP contribution is -2.06. The highest BCUT2D eigenvalue weighted by Crippen LogP contribution is 2.37. The molecule has 0 atom stereocenters. The Balaban J connectivity index is 2.33. The summed E-state index contributed by atoms with van der Waals surface area (Å²) in [5.74, 6) is 0. The van der Waals surface area contributed by atoms with Gasteiger partial charge < -0.3 is 5.32 Å². The first kappa shape index (κ1) is 14.2. The van der Waals surface area contributed by atoms with Gasteiger partial charge in [-0.25, -0.2) is 0 Å². The van der Waals surface area contributed by atoms with Crippen LogP contribution in [0.15, 0.2) is 16.6 Å². The minimum Gasteiger partial charge on any atom is -0.384 e. The number of nitrogens with one attached hydrogen (secondary N) is 1. The fourth-order valence-corrected chi connectivity index (χ4v) is 3.86. The molecule has 1 aromatic heterocycles. The van der Waals surface area contributed by atoms with E-state index >= 15 is 0 Å². The summed E-state index contributed by atoms with van der Waals surface area (Å²) in [6.45, 7) is 3.05. The van der Waals surface area contributed by atoms with Crippen molar-refractivity contribution in [2.24, 2.45) is 0 Å². The Hall–Kier alpha value is -0.800. The third-order valence-electron chi connectivity index (χ3n) is 3.89. The van der Waals surface area contributed by atoms with Gasteiger partial charge in [-0.1, -0.05) is 34.0 Å². The summed E-state index contributed by atoms with van der Waals surface area (Å²) in [6, 6.07) is 4.05. The van der Waals surface area contributed by atoms with E-state index in [2.05, 4.69) is 34.2 Å². The summed E-state index contributed by atoms with van der Waals surface area (Å²) in [7, 11) is 0. The van der Waals surface area contributed by atoms with Crippen LogP contribution >= 0.6 is 27.5 Å². The molecule has 1 aliphatic carbocycles. The predicted molar refractivity (Wildman–Crippen MR) is 89.9 cm³/mol. The van der Waals surface area contributed by atoms with Gasteiger partial charge in [-0.3, -0.25) is 4.98 Å². The van der Waals surface area contributed by atoms with Crippen LogP contribution in [0, 0.1) is 0 Å². The van der Waals surface area contributed by atoms with Crippen molar-refractivity contribution in [2.75, 3.05) is 11.9 Å². The van der Waals surface area contributed by atoms with E-state index in [0.29, 0.717) is 0 Å². The molecule has 1 N–H and O–H groups in total. The second kappa shape index (κ2) is 5.90. The van der Waals surface area contributed by atoms with E-state index in [0.717, 1.165) is 39.8 Å². The minimum atomic E-state index is 0.723. The molecule has 4 heteroatoms. The van der Waals surface area contributed by atoms with E-state index in [9.17, 15) is 0 Å². The van der Waals surface area contributed by atoms with Crippen molar-refractivity contribution < 1.29 is 0 Å². The number of aryl methyl sites for hydroxylation is 1. The molecule has 0 saturated heterocycles. The lowest BCUT2D eigenvalue weighted by molar-refractivity contribution is 0.709. The molecule has 0 unspecified atom stereocenters. The van der Waals surface area contributed by atoms with Crippen LogP contribution in [0.5, 0.6) is 0 Å². The van der Waals surface area contributed by atoms with Gasteiger partial charge in [0, 0.05) is 27.8 Å². The molecular formula is C16H18BrClN2. The van der Waals surface area contributed by atoms with Crippen LogP contribution in [0.1, 0.15) is 37.4 Å². The Labute approximate surface area is 133 Å². The Bertz CT molecular complexity index is 655. The van der Waals surface area contributed by atoms with Gasteiger partial charge in [0.2, 0.25) is 0 Å². The van der Waals surface area contributed by atoms with E-state index in [4.69, 9.17) is 16.6 Å². The molecule has 0 amide bonds. The van der Waals surface area contributed by atoms with Crippen LogP contribution < -0.4 is 5.32 Å². The largest absolute Gasteiger partial charge is 0.384 e. The highest BCUT2D eigenvalue weighted by Gasteiger charge is 2.18. The molecule has 1 aliphatic rings. The maximum absolute atomic E-state index is 6.40. The summed E-state index contributed by atoms with van der Waals surface area (Å²) in [5, 5.41) is 5.40. The number of pyridine rings is 1. The number of hydrogen-bond acceptors (Lipinski definition) is 2. The Morgan fingerprint density at radius 3 is 2.85 bits per heavy atom. The monoisotopic (exact) mass is 352 g/mol. The van der Waals surface area contributed by atoms with Crippen molar-refractivity contribution in [2.45, 2.75) is 39.0 Å². The van der Waals surface area contributed by atoms with Crippen LogP contribution in [-0.4, -0.2) is 11.5 Å². The van der Waals surface area contributed by atoms with Gasteiger partial charge in [-0.15, -0.1) is 0 Å². The third kappa shape index (κ3) is 2.53. The maximum Gasteiger partial charge on any atom is 0.0913 e. The molecule has 1 heterocycles. The van der Waals surface area contributed by atoms with E-state index in [1.54, 1.807) is 0 Å². The summed E-state index contributed by atoms with van der Waals surface area (Å²) in [4.78, 5) is 4.87. The SMILES string of the molecule is CCNc1c2c(nc3c(Cl)cc(Br)cc13)CCCCC2. The number of rotatable bonds is 2. The average Bonchev–Trinajstić information content (AvgIpc) is 2.65. The number of aromatic nitrogens is 1. The molecule has 0 saturated carbocycles.